The molecule has 0 radical (unpaired) electrons. The third kappa shape index (κ3) is 2.55. The summed E-state index contributed by atoms with van der Waals surface area (Å²) in [7, 11) is 1.46. The number of nitrogens with zero attached hydrogens (tertiary/aromatic N) is 2. The van der Waals surface area contributed by atoms with Gasteiger partial charge in [-0.15, -0.1) is 0 Å². The van der Waals surface area contributed by atoms with Crippen LogP contribution in [0.5, 0.6) is 0 Å². The number of hydrogen-bond donors (Lipinski definition) is 1. The molecular weight excluding hydrogens is 206 g/mol. The van der Waals surface area contributed by atoms with E-state index in [0.717, 1.165) is 11.3 Å². The average Bonchev–Trinajstić information content (AvgIpc) is 2.28. The molecule has 1 atom stereocenters. The molecule has 2 N–H and O–H groups in total. The van der Waals surface area contributed by atoms with Crippen LogP contribution in [-0.2, 0) is 9.63 Å². The van der Waals surface area contributed by atoms with Gasteiger partial charge in [0.2, 0.25) is 0 Å². The number of ketones is 1. The van der Waals surface area contributed by atoms with Gasteiger partial charge in [0.25, 0.3) is 0 Å². The predicted molar refractivity (Wildman–Crippen MR) is 59.5 cm³/mol. The summed E-state index contributed by atoms with van der Waals surface area (Å²) in [6.07, 6.45) is 3.84. The lowest BCUT2D eigenvalue weighted by molar-refractivity contribution is -0.115. The molecular formula is C11H13N3O2. The molecule has 1 aliphatic carbocycles. The van der Waals surface area contributed by atoms with Gasteiger partial charge in [-0.3, -0.25) is 4.79 Å². The van der Waals surface area contributed by atoms with Crippen molar-refractivity contribution in [1.82, 2.24) is 0 Å². The van der Waals surface area contributed by atoms with Crippen LogP contribution in [0.25, 0.3) is 0 Å². The van der Waals surface area contributed by atoms with E-state index in [-0.39, 0.29) is 5.78 Å². The molecule has 0 amide bonds. The smallest absolute Gasteiger partial charge is 0.193 e. The Morgan fingerprint density at radius 3 is 2.88 bits per heavy atom. The second-order valence-corrected chi connectivity index (χ2v) is 3.44. The highest BCUT2D eigenvalue weighted by Crippen LogP contribution is 2.18. The maximum absolute atomic E-state index is 11.7. The van der Waals surface area contributed by atoms with E-state index in [1.807, 2.05) is 6.92 Å². The zero-order valence-corrected chi connectivity index (χ0v) is 9.23. The van der Waals surface area contributed by atoms with Gasteiger partial charge in [0.15, 0.2) is 11.8 Å². The fraction of sp³-hybridized carbons (Fsp3) is 0.364. The molecule has 0 aromatic rings. The fourth-order valence-corrected chi connectivity index (χ4v) is 1.45. The summed E-state index contributed by atoms with van der Waals surface area (Å²) in [4.78, 5) is 16.3. The summed E-state index contributed by atoms with van der Waals surface area (Å²) >= 11 is 0. The topological polar surface area (TPSA) is 88.5 Å². The first-order chi connectivity index (χ1) is 7.60. The van der Waals surface area contributed by atoms with Crippen LogP contribution in [0, 0.1) is 11.3 Å². The van der Waals surface area contributed by atoms with E-state index in [9.17, 15) is 4.79 Å². The molecule has 0 aromatic carbocycles. The lowest BCUT2D eigenvalue weighted by Crippen LogP contribution is -2.30. The van der Waals surface area contributed by atoms with Crippen molar-refractivity contribution in [2.24, 2.45) is 10.9 Å². The predicted octanol–water partition coefficient (Wildman–Crippen LogP) is 0.685. The number of Topliss-reactive ketones (excluding diaryl/α,β-unsaturated/α-hetero) is 1. The Labute approximate surface area is 93.9 Å². The molecule has 5 heteroatoms. The van der Waals surface area contributed by atoms with Crippen LogP contribution in [0.1, 0.15) is 13.3 Å². The van der Waals surface area contributed by atoms with Crippen LogP contribution in [0.15, 0.2) is 28.5 Å². The van der Waals surface area contributed by atoms with Crippen molar-refractivity contribution in [3.63, 3.8) is 0 Å². The first-order valence-corrected chi connectivity index (χ1v) is 4.77. The lowest BCUT2D eigenvalue weighted by Gasteiger charge is -2.13. The maximum Gasteiger partial charge on any atom is 0.193 e. The minimum Gasteiger partial charge on any atom is -0.399 e. The van der Waals surface area contributed by atoms with Crippen molar-refractivity contribution in [2.45, 2.75) is 19.4 Å². The van der Waals surface area contributed by atoms with E-state index >= 15 is 0 Å². The van der Waals surface area contributed by atoms with Crippen LogP contribution in [0.3, 0.4) is 0 Å². The highest BCUT2D eigenvalue weighted by Gasteiger charge is 2.20. The van der Waals surface area contributed by atoms with Gasteiger partial charge < -0.3 is 10.6 Å². The molecule has 0 aliphatic heterocycles. The molecule has 0 saturated carbocycles. The zero-order chi connectivity index (χ0) is 12.1. The van der Waals surface area contributed by atoms with E-state index < -0.39 is 6.04 Å². The number of carbonyl (C=O) groups is 1. The molecule has 0 fully saturated rings. The number of rotatable bonds is 3. The van der Waals surface area contributed by atoms with E-state index in [4.69, 9.17) is 11.0 Å². The number of nitrogens with two attached hydrogens (primary N) is 1. The molecule has 0 spiro atoms. The second-order valence-electron chi connectivity index (χ2n) is 3.44. The Morgan fingerprint density at radius 1 is 1.69 bits per heavy atom. The third-order valence-electron chi connectivity index (χ3n) is 2.24. The van der Waals surface area contributed by atoms with Gasteiger partial charge in [-0.1, -0.05) is 10.7 Å². The quantitative estimate of drug-likeness (QED) is 0.707. The standard InChI is InChI=1S/C11H13N3O2/c1-7-5-8(14-16-2)3-4-9(7)11(15)10(13)6-12/h3-4,10H,5,13H2,1-2H3. The fourth-order valence-electron chi connectivity index (χ4n) is 1.45. The number of allylic oxidation sites excluding steroid dienone is 3. The zero-order valence-electron chi connectivity index (χ0n) is 9.23. The van der Waals surface area contributed by atoms with E-state index in [2.05, 4.69) is 9.99 Å². The Bertz CT molecular complexity index is 427. The molecule has 1 aliphatic rings. The van der Waals surface area contributed by atoms with Crippen LogP contribution in [0.4, 0.5) is 0 Å². The van der Waals surface area contributed by atoms with Gasteiger partial charge in [-0.2, -0.15) is 5.26 Å². The minimum atomic E-state index is -1.10. The van der Waals surface area contributed by atoms with Gasteiger partial charge in [-0.05, 0) is 19.1 Å². The monoisotopic (exact) mass is 219 g/mol. The summed E-state index contributed by atoms with van der Waals surface area (Å²) in [5.74, 6) is -0.354. The Balaban J connectivity index is 2.91. The Hall–Kier alpha value is -1.93. The highest BCUT2D eigenvalue weighted by atomic mass is 16.6. The van der Waals surface area contributed by atoms with Gasteiger partial charge in [0.1, 0.15) is 7.11 Å². The second kappa shape index (κ2) is 5.24. The Kier molecular flexibility index (Phi) is 3.97. The minimum absolute atomic E-state index is 0.354. The van der Waals surface area contributed by atoms with Gasteiger partial charge >= 0.3 is 0 Å². The van der Waals surface area contributed by atoms with Crippen molar-refractivity contribution in [1.29, 1.82) is 5.26 Å². The third-order valence-corrected chi connectivity index (χ3v) is 2.24. The summed E-state index contributed by atoms with van der Waals surface area (Å²) in [6, 6.07) is 0.623. The summed E-state index contributed by atoms with van der Waals surface area (Å²) in [6.45, 7) is 1.81. The van der Waals surface area contributed by atoms with Crippen LogP contribution < -0.4 is 5.73 Å². The summed E-state index contributed by atoms with van der Waals surface area (Å²) in [5, 5.41) is 12.4. The van der Waals surface area contributed by atoms with E-state index in [0.29, 0.717) is 12.0 Å². The van der Waals surface area contributed by atoms with Gasteiger partial charge in [0.05, 0.1) is 11.8 Å². The molecule has 1 unspecified atom stereocenters. The van der Waals surface area contributed by atoms with E-state index in [1.165, 1.54) is 7.11 Å². The van der Waals surface area contributed by atoms with Crippen LogP contribution in [-0.4, -0.2) is 24.6 Å². The van der Waals surface area contributed by atoms with Gasteiger partial charge in [-0.25, -0.2) is 0 Å². The lowest BCUT2D eigenvalue weighted by atomic mass is 9.92. The van der Waals surface area contributed by atoms with Crippen molar-refractivity contribution in [2.75, 3.05) is 7.11 Å². The SMILES string of the molecule is CON=C1C=CC(C(=O)C(N)C#N)=C(C)C1. The average molecular weight is 219 g/mol. The van der Waals surface area contributed by atoms with Gasteiger partial charge in [0, 0.05) is 12.0 Å². The maximum atomic E-state index is 11.7. The van der Waals surface area contributed by atoms with Crippen LogP contribution in [0.2, 0.25) is 0 Å². The molecule has 16 heavy (non-hydrogen) atoms. The van der Waals surface area contributed by atoms with Crippen molar-refractivity contribution in [3.05, 3.63) is 23.3 Å². The molecule has 0 bridgehead atoms. The van der Waals surface area contributed by atoms with Crippen LogP contribution >= 0.6 is 0 Å². The van der Waals surface area contributed by atoms with Crippen molar-refractivity contribution < 1.29 is 9.63 Å². The number of nitriles is 1. The molecule has 1 rings (SSSR count). The normalized spacial score (nSPS) is 19.5. The first kappa shape index (κ1) is 12.1. The number of carbonyl (C=O) groups excluding carboxylic acids is 1. The van der Waals surface area contributed by atoms with Crippen molar-refractivity contribution in [3.8, 4) is 6.07 Å². The summed E-state index contributed by atoms with van der Waals surface area (Å²) < 4.78 is 0. The van der Waals surface area contributed by atoms with E-state index in [1.54, 1.807) is 18.2 Å². The number of oxime groups is 1. The molecule has 0 aromatic heterocycles. The molecule has 5 nitrogen and oxygen atoms in total. The molecule has 84 valence electrons. The number of hydrogen-bond acceptors (Lipinski definition) is 5. The van der Waals surface area contributed by atoms with Crippen molar-refractivity contribution >= 4 is 11.5 Å². The molecule has 0 heterocycles. The first-order valence-electron chi connectivity index (χ1n) is 4.77. The summed E-state index contributed by atoms with van der Waals surface area (Å²) in [5.41, 5.74) is 7.44. The Morgan fingerprint density at radius 2 is 2.38 bits per heavy atom. The molecule has 0 saturated heterocycles. The highest BCUT2D eigenvalue weighted by molar-refractivity contribution is 6.08. The largest absolute Gasteiger partial charge is 0.399 e.